The first-order chi connectivity index (χ1) is 12.5. The smallest absolute Gasteiger partial charge is 0.181 e. The van der Waals surface area contributed by atoms with Crippen LogP contribution in [-0.4, -0.2) is 35.1 Å². The molecule has 0 fully saturated rings. The summed E-state index contributed by atoms with van der Waals surface area (Å²) < 4.78 is 3.64. The quantitative estimate of drug-likeness (QED) is 0.655. The molecule has 138 valence electrons. The van der Waals surface area contributed by atoms with Crippen LogP contribution in [0.2, 0.25) is 0 Å². The Morgan fingerprint density at radius 2 is 1.92 bits per heavy atom. The van der Waals surface area contributed by atoms with E-state index in [1.165, 1.54) is 19.3 Å². The molecular weight excluding hydrogens is 328 g/mol. The van der Waals surface area contributed by atoms with E-state index in [0.29, 0.717) is 5.82 Å². The third-order valence-corrected chi connectivity index (χ3v) is 4.78. The van der Waals surface area contributed by atoms with E-state index in [1.807, 2.05) is 23.7 Å². The minimum atomic E-state index is 0.238. The van der Waals surface area contributed by atoms with Crippen LogP contribution in [0.3, 0.4) is 0 Å². The molecule has 1 aromatic carbocycles. The zero-order chi connectivity index (χ0) is 18.7. The van der Waals surface area contributed by atoms with Crippen LogP contribution in [0.25, 0.3) is 22.6 Å². The van der Waals surface area contributed by atoms with Crippen LogP contribution in [-0.2, 0) is 13.6 Å². The van der Waals surface area contributed by atoms with Gasteiger partial charge in [-0.3, -0.25) is 4.68 Å². The second kappa shape index (κ2) is 7.68. The fourth-order valence-electron chi connectivity index (χ4n) is 3.20. The molecule has 26 heavy (non-hydrogen) atoms. The topological polar surface area (TPSA) is 81.7 Å². The lowest BCUT2D eigenvalue weighted by Gasteiger charge is -2.12. The molecule has 0 aliphatic carbocycles. The van der Waals surface area contributed by atoms with Gasteiger partial charge in [0.15, 0.2) is 5.82 Å². The summed E-state index contributed by atoms with van der Waals surface area (Å²) in [5.41, 5.74) is 4.67. The van der Waals surface area contributed by atoms with E-state index >= 15 is 0 Å². The zero-order valence-electron chi connectivity index (χ0n) is 15.9. The normalized spacial score (nSPS) is 11.2. The van der Waals surface area contributed by atoms with Crippen molar-refractivity contribution in [2.75, 3.05) is 0 Å². The van der Waals surface area contributed by atoms with Crippen LogP contribution in [0.15, 0.2) is 18.2 Å². The lowest BCUT2D eigenvalue weighted by atomic mass is 10.0. The highest BCUT2D eigenvalue weighted by molar-refractivity contribution is 5.75. The minimum Gasteiger partial charge on any atom is -0.507 e. The molecule has 3 rings (SSSR count). The Bertz CT molecular complexity index is 896. The van der Waals surface area contributed by atoms with Crippen LogP contribution in [0.5, 0.6) is 5.75 Å². The summed E-state index contributed by atoms with van der Waals surface area (Å²) in [6, 6.07) is 5.46. The van der Waals surface area contributed by atoms with E-state index in [1.54, 1.807) is 17.8 Å². The highest BCUT2D eigenvalue weighted by Crippen LogP contribution is 2.35. The minimum absolute atomic E-state index is 0.238. The molecule has 0 atom stereocenters. The largest absolute Gasteiger partial charge is 0.507 e. The first kappa shape index (κ1) is 18.1. The van der Waals surface area contributed by atoms with Gasteiger partial charge in [-0.05, 0) is 54.5 Å². The molecule has 0 unspecified atom stereocenters. The lowest BCUT2D eigenvalue weighted by molar-refractivity contribution is 0.475. The number of tetrazole rings is 1. The van der Waals surface area contributed by atoms with Crippen molar-refractivity contribution in [3.63, 3.8) is 0 Å². The summed E-state index contributed by atoms with van der Waals surface area (Å²) in [5.74, 6) is 0.899. The maximum Gasteiger partial charge on any atom is 0.181 e. The standard InChI is InChI=1S/C19H26N6O/c1-5-6-7-8-11-25-18(13(2)14(3)21-25)16-12-15(9-10-17(16)26)19-20-22-23-24(19)4/h9-10,12,26H,5-8,11H2,1-4H3. The highest BCUT2D eigenvalue weighted by Gasteiger charge is 2.18. The molecule has 2 heterocycles. The Morgan fingerprint density at radius 3 is 2.62 bits per heavy atom. The van der Waals surface area contributed by atoms with E-state index in [-0.39, 0.29) is 5.75 Å². The van der Waals surface area contributed by atoms with E-state index in [0.717, 1.165) is 41.0 Å². The maximum atomic E-state index is 10.5. The van der Waals surface area contributed by atoms with Gasteiger partial charge in [0.25, 0.3) is 0 Å². The predicted molar refractivity (Wildman–Crippen MR) is 101 cm³/mol. The Kier molecular flexibility index (Phi) is 5.35. The molecule has 2 aromatic heterocycles. The molecule has 0 saturated heterocycles. The van der Waals surface area contributed by atoms with Gasteiger partial charge in [0.05, 0.1) is 11.4 Å². The SMILES string of the molecule is CCCCCCn1nc(C)c(C)c1-c1cc(-c2nnnn2C)ccc1O. The third-order valence-electron chi connectivity index (χ3n) is 4.78. The fourth-order valence-corrected chi connectivity index (χ4v) is 3.20. The summed E-state index contributed by atoms with van der Waals surface area (Å²) in [6.07, 6.45) is 4.70. The van der Waals surface area contributed by atoms with Crippen molar-refractivity contribution in [2.24, 2.45) is 7.05 Å². The number of aromatic hydroxyl groups is 1. The number of aromatic nitrogens is 6. The number of phenolic OH excluding ortho intramolecular Hbond substituents is 1. The summed E-state index contributed by atoms with van der Waals surface area (Å²) in [4.78, 5) is 0. The van der Waals surface area contributed by atoms with Gasteiger partial charge >= 0.3 is 0 Å². The van der Waals surface area contributed by atoms with Crippen molar-refractivity contribution in [3.8, 4) is 28.4 Å². The van der Waals surface area contributed by atoms with Crippen molar-refractivity contribution in [2.45, 2.75) is 53.0 Å². The summed E-state index contributed by atoms with van der Waals surface area (Å²) in [5, 5.41) is 26.9. The highest BCUT2D eigenvalue weighted by atomic mass is 16.3. The average Bonchev–Trinajstić information content (AvgIpc) is 3.16. The summed E-state index contributed by atoms with van der Waals surface area (Å²) >= 11 is 0. The van der Waals surface area contributed by atoms with Crippen molar-refractivity contribution in [1.29, 1.82) is 0 Å². The molecule has 0 bridgehead atoms. The maximum absolute atomic E-state index is 10.5. The number of nitrogens with zero attached hydrogens (tertiary/aromatic N) is 6. The van der Waals surface area contributed by atoms with Crippen molar-refractivity contribution < 1.29 is 5.11 Å². The van der Waals surface area contributed by atoms with Crippen LogP contribution in [0.1, 0.15) is 43.9 Å². The van der Waals surface area contributed by atoms with Crippen LogP contribution in [0.4, 0.5) is 0 Å². The van der Waals surface area contributed by atoms with Crippen LogP contribution >= 0.6 is 0 Å². The summed E-state index contributed by atoms with van der Waals surface area (Å²) in [6.45, 7) is 7.11. The number of benzene rings is 1. The Balaban J connectivity index is 2.02. The monoisotopic (exact) mass is 354 g/mol. The predicted octanol–water partition coefficient (Wildman–Crippen LogP) is 3.64. The number of aryl methyl sites for hydroxylation is 3. The van der Waals surface area contributed by atoms with Gasteiger partial charge < -0.3 is 5.11 Å². The Labute approximate surface area is 153 Å². The molecule has 0 spiro atoms. The number of hydrogen-bond acceptors (Lipinski definition) is 5. The van der Waals surface area contributed by atoms with Gasteiger partial charge in [-0.1, -0.05) is 26.2 Å². The number of rotatable bonds is 7. The zero-order valence-corrected chi connectivity index (χ0v) is 15.9. The van der Waals surface area contributed by atoms with Gasteiger partial charge in [-0.2, -0.15) is 5.10 Å². The van der Waals surface area contributed by atoms with Gasteiger partial charge in [0.2, 0.25) is 0 Å². The van der Waals surface area contributed by atoms with Crippen LogP contribution in [0, 0.1) is 13.8 Å². The first-order valence-corrected chi connectivity index (χ1v) is 9.13. The number of unbranched alkanes of at least 4 members (excludes halogenated alkanes) is 3. The molecule has 0 radical (unpaired) electrons. The number of phenols is 1. The van der Waals surface area contributed by atoms with Gasteiger partial charge in [-0.25, -0.2) is 4.68 Å². The van der Waals surface area contributed by atoms with Gasteiger partial charge in [0.1, 0.15) is 5.75 Å². The fraction of sp³-hybridized carbons (Fsp3) is 0.474. The second-order valence-corrected chi connectivity index (χ2v) is 6.70. The Hall–Kier alpha value is -2.70. The van der Waals surface area contributed by atoms with Gasteiger partial charge in [0, 0.05) is 24.7 Å². The Morgan fingerprint density at radius 1 is 1.12 bits per heavy atom. The molecule has 1 N–H and O–H groups in total. The van der Waals surface area contributed by atoms with E-state index < -0.39 is 0 Å². The molecule has 3 aromatic rings. The van der Waals surface area contributed by atoms with E-state index in [4.69, 9.17) is 5.10 Å². The van der Waals surface area contributed by atoms with Crippen molar-refractivity contribution in [3.05, 3.63) is 29.5 Å². The molecular formula is C19H26N6O. The van der Waals surface area contributed by atoms with E-state index in [2.05, 4.69) is 29.4 Å². The molecule has 0 saturated carbocycles. The summed E-state index contributed by atoms with van der Waals surface area (Å²) in [7, 11) is 1.80. The molecule has 0 aliphatic rings. The molecule has 7 nitrogen and oxygen atoms in total. The third kappa shape index (κ3) is 3.47. The van der Waals surface area contributed by atoms with Gasteiger partial charge in [-0.15, -0.1) is 5.10 Å². The van der Waals surface area contributed by atoms with Crippen molar-refractivity contribution >= 4 is 0 Å². The van der Waals surface area contributed by atoms with Crippen LogP contribution < -0.4 is 0 Å². The molecule has 0 amide bonds. The first-order valence-electron chi connectivity index (χ1n) is 9.13. The molecule has 7 heteroatoms. The average molecular weight is 354 g/mol. The number of hydrogen-bond donors (Lipinski definition) is 1. The van der Waals surface area contributed by atoms with E-state index in [9.17, 15) is 5.11 Å². The second-order valence-electron chi connectivity index (χ2n) is 6.70. The molecule has 0 aliphatic heterocycles. The lowest BCUT2D eigenvalue weighted by Crippen LogP contribution is -2.03. The van der Waals surface area contributed by atoms with Crippen molar-refractivity contribution in [1.82, 2.24) is 30.0 Å².